The molecule has 6 nitrogen and oxygen atoms in total. The Kier molecular flexibility index (Phi) is 4.48. The predicted octanol–water partition coefficient (Wildman–Crippen LogP) is 3.51. The van der Waals surface area contributed by atoms with Gasteiger partial charge in [-0.2, -0.15) is 4.98 Å². The summed E-state index contributed by atoms with van der Waals surface area (Å²) in [6.45, 7) is 0.659. The highest BCUT2D eigenvalue weighted by Gasteiger charge is 2.30. The molecule has 1 N–H and O–H groups in total. The number of amides is 1. The molecule has 0 radical (unpaired) electrons. The number of aromatic nitrogens is 2. The van der Waals surface area contributed by atoms with E-state index in [2.05, 4.69) is 25.9 Å². The maximum atomic E-state index is 14.3. The van der Waals surface area contributed by atoms with Gasteiger partial charge in [-0.1, -0.05) is 0 Å². The maximum absolute atomic E-state index is 14.3. The smallest absolute Gasteiger partial charge is 0.407 e. The van der Waals surface area contributed by atoms with Crippen molar-refractivity contribution in [3.05, 3.63) is 27.5 Å². The van der Waals surface area contributed by atoms with Gasteiger partial charge in [0.1, 0.15) is 17.2 Å². The van der Waals surface area contributed by atoms with Crippen molar-refractivity contribution in [2.24, 2.45) is 0 Å². The van der Waals surface area contributed by atoms with Crippen LogP contribution in [0.2, 0.25) is 5.28 Å². The van der Waals surface area contributed by atoms with E-state index in [1.807, 2.05) is 0 Å². The van der Waals surface area contributed by atoms with Crippen LogP contribution < -0.4 is 4.90 Å². The third kappa shape index (κ3) is 2.86. The molecule has 1 saturated heterocycles. The number of fused-ring (bicyclic) bond motifs is 1. The van der Waals surface area contributed by atoms with E-state index in [0.717, 1.165) is 6.07 Å². The first-order valence-electron chi connectivity index (χ1n) is 7.01. The Bertz CT molecular complexity index is 838. The Morgan fingerprint density at radius 3 is 2.83 bits per heavy atom. The van der Waals surface area contributed by atoms with Crippen molar-refractivity contribution in [2.75, 3.05) is 25.0 Å². The molecule has 2 aromatic rings. The number of hydrogen-bond donors (Lipinski definition) is 1. The topological polar surface area (TPSA) is 69.6 Å². The molecule has 1 aliphatic rings. The molecule has 0 aliphatic carbocycles. The van der Waals surface area contributed by atoms with Gasteiger partial charge in [-0.05, 0) is 40.0 Å². The Hall–Kier alpha value is -1.74. The largest absolute Gasteiger partial charge is 0.465 e. The van der Waals surface area contributed by atoms with Crippen LogP contribution >= 0.6 is 27.5 Å². The molecule has 1 fully saturated rings. The number of nitrogens with zero attached hydrogens (tertiary/aromatic N) is 4. The molecule has 1 aromatic heterocycles. The van der Waals surface area contributed by atoms with Crippen molar-refractivity contribution in [3.8, 4) is 0 Å². The van der Waals surface area contributed by atoms with Gasteiger partial charge in [0, 0.05) is 31.6 Å². The van der Waals surface area contributed by atoms with Crippen molar-refractivity contribution >= 4 is 50.3 Å². The number of carbonyl (C=O) groups is 1. The average Bonchev–Trinajstić information content (AvgIpc) is 3.02. The van der Waals surface area contributed by atoms with E-state index in [4.69, 9.17) is 16.7 Å². The van der Waals surface area contributed by atoms with Crippen LogP contribution in [-0.4, -0.2) is 52.2 Å². The van der Waals surface area contributed by atoms with Crippen LogP contribution in [0.1, 0.15) is 6.42 Å². The van der Waals surface area contributed by atoms with Crippen LogP contribution in [0, 0.1) is 11.6 Å². The molecule has 1 amide bonds. The quantitative estimate of drug-likeness (QED) is 0.594. The van der Waals surface area contributed by atoms with E-state index < -0.39 is 17.7 Å². The van der Waals surface area contributed by atoms with Crippen molar-refractivity contribution in [1.29, 1.82) is 0 Å². The molecule has 1 atom stereocenters. The van der Waals surface area contributed by atoms with E-state index in [9.17, 15) is 13.6 Å². The monoisotopic (exact) mass is 420 g/mol. The van der Waals surface area contributed by atoms with Crippen LogP contribution in [-0.2, 0) is 0 Å². The number of hydrogen-bond acceptors (Lipinski definition) is 4. The summed E-state index contributed by atoms with van der Waals surface area (Å²) in [6, 6.07) is 0.958. The lowest BCUT2D eigenvalue weighted by Gasteiger charge is -2.26. The normalized spacial score (nSPS) is 17.5. The molecule has 0 spiro atoms. The second-order valence-electron chi connectivity index (χ2n) is 5.48. The van der Waals surface area contributed by atoms with Crippen LogP contribution in [0.5, 0.6) is 0 Å². The summed E-state index contributed by atoms with van der Waals surface area (Å²) in [4.78, 5) is 22.0. The highest BCUT2D eigenvalue weighted by atomic mass is 79.9. The lowest BCUT2D eigenvalue weighted by Crippen LogP contribution is -2.36. The number of likely N-dealkylation sites (N-methyl/N-ethyl adjacent to an activating group) is 1. The van der Waals surface area contributed by atoms with Gasteiger partial charge in [-0.3, -0.25) is 0 Å². The number of anilines is 1. The lowest BCUT2D eigenvalue weighted by atomic mass is 10.1. The Morgan fingerprint density at radius 2 is 2.21 bits per heavy atom. The molecule has 3 rings (SSSR count). The van der Waals surface area contributed by atoms with Gasteiger partial charge in [0.15, 0.2) is 5.82 Å². The molecule has 128 valence electrons. The molecular weight excluding hydrogens is 410 g/mol. The number of benzene rings is 1. The van der Waals surface area contributed by atoms with Gasteiger partial charge in [-0.25, -0.2) is 18.6 Å². The number of carboxylic acid groups (broad SMARTS) is 1. The first kappa shape index (κ1) is 17.1. The number of rotatable bonds is 2. The van der Waals surface area contributed by atoms with Crippen LogP contribution in [0.15, 0.2) is 10.5 Å². The summed E-state index contributed by atoms with van der Waals surface area (Å²) in [5.41, 5.74) is -0.0989. The zero-order valence-corrected chi connectivity index (χ0v) is 14.8. The van der Waals surface area contributed by atoms with Crippen LogP contribution in [0.25, 0.3) is 10.9 Å². The third-order valence-corrected chi connectivity index (χ3v) is 4.99. The Balaban J connectivity index is 2.07. The molecular formula is C14H12BrClF2N4O2. The van der Waals surface area contributed by atoms with Gasteiger partial charge in [0.2, 0.25) is 5.28 Å². The molecule has 0 unspecified atom stereocenters. The second kappa shape index (κ2) is 6.29. The molecule has 0 saturated carbocycles. The highest BCUT2D eigenvalue weighted by Crippen LogP contribution is 2.33. The standard InChI is InChI=1S/C14H12BrClF2N4O2/c1-21(6-2-3-22(5-6)14(23)24)12-7-4-8(17)9(15)10(18)11(7)19-13(16)20-12/h4,6H,2-3,5H2,1H3,(H,23,24)/t6-/m0/s1. The van der Waals surface area contributed by atoms with Gasteiger partial charge < -0.3 is 14.9 Å². The summed E-state index contributed by atoms with van der Waals surface area (Å²) in [7, 11) is 1.69. The van der Waals surface area contributed by atoms with Crippen molar-refractivity contribution in [1.82, 2.24) is 14.9 Å². The van der Waals surface area contributed by atoms with Crippen molar-refractivity contribution in [2.45, 2.75) is 12.5 Å². The summed E-state index contributed by atoms with van der Waals surface area (Å²) >= 11 is 8.73. The van der Waals surface area contributed by atoms with Gasteiger partial charge in [-0.15, -0.1) is 0 Å². The van der Waals surface area contributed by atoms with Gasteiger partial charge in [0.25, 0.3) is 0 Å². The fourth-order valence-electron chi connectivity index (χ4n) is 2.80. The van der Waals surface area contributed by atoms with E-state index >= 15 is 0 Å². The van der Waals surface area contributed by atoms with Crippen molar-refractivity contribution < 1.29 is 18.7 Å². The van der Waals surface area contributed by atoms with E-state index in [0.29, 0.717) is 13.0 Å². The second-order valence-corrected chi connectivity index (χ2v) is 6.61. The fourth-order valence-corrected chi connectivity index (χ4v) is 3.27. The summed E-state index contributed by atoms with van der Waals surface area (Å²) in [5, 5.41) is 9.06. The minimum absolute atomic E-state index is 0.0989. The van der Waals surface area contributed by atoms with E-state index in [-0.39, 0.29) is 39.1 Å². The zero-order chi connectivity index (χ0) is 17.6. The molecule has 24 heavy (non-hydrogen) atoms. The average molecular weight is 422 g/mol. The summed E-state index contributed by atoms with van der Waals surface area (Å²) in [5.74, 6) is -1.38. The van der Waals surface area contributed by atoms with Gasteiger partial charge in [0.05, 0.1) is 4.47 Å². The Labute approximate surface area is 149 Å². The predicted molar refractivity (Wildman–Crippen MR) is 88.6 cm³/mol. The Morgan fingerprint density at radius 1 is 1.50 bits per heavy atom. The van der Waals surface area contributed by atoms with E-state index in [1.54, 1.807) is 11.9 Å². The highest BCUT2D eigenvalue weighted by molar-refractivity contribution is 9.10. The summed E-state index contributed by atoms with van der Waals surface area (Å²) in [6.07, 6.45) is -0.426. The van der Waals surface area contributed by atoms with E-state index in [1.165, 1.54) is 4.90 Å². The molecule has 0 bridgehead atoms. The lowest BCUT2D eigenvalue weighted by molar-refractivity contribution is 0.155. The summed E-state index contributed by atoms with van der Waals surface area (Å²) < 4.78 is 27.9. The first-order chi connectivity index (χ1) is 11.3. The number of likely N-dealkylation sites (tertiary alicyclic amines) is 1. The van der Waals surface area contributed by atoms with Crippen molar-refractivity contribution in [3.63, 3.8) is 0 Å². The SMILES string of the molecule is CN(c1nc(Cl)nc2c(F)c(Br)c(F)cc12)[C@H]1CCN(C(=O)O)C1. The molecule has 1 aliphatic heterocycles. The number of halogens is 4. The first-order valence-corrected chi connectivity index (χ1v) is 8.18. The minimum atomic E-state index is -1.00. The minimum Gasteiger partial charge on any atom is -0.465 e. The maximum Gasteiger partial charge on any atom is 0.407 e. The van der Waals surface area contributed by atoms with Crippen LogP contribution in [0.4, 0.5) is 19.4 Å². The molecule has 2 heterocycles. The van der Waals surface area contributed by atoms with Crippen LogP contribution in [0.3, 0.4) is 0 Å². The van der Waals surface area contributed by atoms with Gasteiger partial charge >= 0.3 is 6.09 Å². The third-order valence-electron chi connectivity index (χ3n) is 4.10. The fraction of sp³-hybridized carbons (Fsp3) is 0.357. The molecule has 1 aromatic carbocycles. The molecule has 10 heteroatoms. The zero-order valence-electron chi connectivity index (χ0n) is 12.4.